The predicted molar refractivity (Wildman–Crippen MR) is 93.1 cm³/mol. The maximum absolute atomic E-state index is 12.4. The summed E-state index contributed by atoms with van der Waals surface area (Å²) in [6.45, 7) is 0.689. The van der Waals surface area contributed by atoms with Crippen LogP contribution in [0, 0.1) is 0 Å². The summed E-state index contributed by atoms with van der Waals surface area (Å²) in [5.41, 5.74) is 2.58. The number of hydrogen-bond donors (Lipinski definition) is 0. The molecule has 8 nitrogen and oxygen atoms in total. The van der Waals surface area contributed by atoms with Crippen molar-refractivity contribution in [1.29, 1.82) is 0 Å². The lowest BCUT2D eigenvalue weighted by atomic mass is 10.1. The van der Waals surface area contributed by atoms with Crippen LogP contribution in [0.15, 0.2) is 22.7 Å². The van der Waals surface area contributed by atoms with E-state index in [2.05, 4.69) is 20.5 Å². The van der Waals surface area contributed by atoms with Gasteiger partial charge in [0.15, 0.2) is 0 Å². The molecule has 1 aliphatic carbocycles. The lowest BCUT2D eigenvalue weighted by Crippen LogP contribution is -2.34. The molecule has 1 amide bonds. The predicted octanol–water partition coefficient (Wildman–Crippen LogP) is 2.28. The molecule has 1 saturated carbocycles. The zero-order chi connectivity index (χ0) is 17.7. The number of amides is 1. The number of nitrogens with zero attached hydrogens (tertiary/aromatic N) is 6. The summed E-state index contributed by atoms with van der Waals surface area (Å²) < 4.78 is 7.22. The molecular formula is C18H20N6O2. The first kappa shape index (κ1) is 15.5. The van der Waals surface area contributed by atoms with Crippen LogP contribution in [-0.2, 0) is 11.8 Å². The van der Waals surface area contributed by atoms with Crippen molar-refractivity contribution in [1.82, 2.24) is 30.0 Å². The normalized spacial score (nSPS) is 21.3. The summed E-state index contributed by atoms with van der Waals surface area (Å²) in [6, 6.07) is 6.18. The van der Waals surface area contributed by atoms with Gasteiger partial charge in [0.25, 0.3) is 0 Å². The van der Waals surface area contributed by atoms with E-state index >= 15 is 0 Å². The van der Waals surface area contributed by atoms with Gasteiger partial charge in [-0.25, -0.2) is 4.68 Å². The van der Waals surface area contributed by atoms with Crippen molar-refractivity contribution in [2.75, 3.05) is 6.54 Å². The largest absolute Gasteiger partial charge is 0.339 e. The Kier molecular flexibility index (Phi) is 3.51. The highest BCUT2D eigenvalue weighted by atomic mass is 16.5. The second kappa shape index (κ2) is 5.89. The van der Waals surface area contributed by atoms with Gasteiger partial charge in [-0.3, -0.25) is 4.79 Å². The second-order valence-corrected chi connectivity index (χ2v) is 7.26. The second-order valence-electron chi connectivity index (χ2n) is 7.26. The number of likely N-dealkylation sites (tertiary alicyclic amines) is 1. The van der Waals surface area contributed by atoms with E-state index in [0.29, 0.717) is 30.7 Å². The first-order valence-electron chi connectivity index (χ1n) is 9.12. The maximum Gasteiger partial charge on any atom is 0.232 e. The standard InChI is InChI=1S/C18H20N6O2/c1-23-15-7-6-11(8-14(15)20-22-23)17-19-18(26-21-17)12-9-16(25)24(10-12)13-4-2-3-5-13/h6-8,12-13H,2-5,9-10H2,1H3. The topological polar surface area (TPSA) is 89.9 Å². The molecule has 8 heteroatoms. The fourth-order valence-corrected chi connectivity index (χ4v) is 4.16. The Morgan fingerprint density at radius 2 is 2.08 bits per heavy atom. The van der Waals surface area contributed by atoms with Crippen LogP contribution in [0.25, 0.3) is 22.4 Å². The van der Waals surface area contributed by atoms with E-state index in [0.717, 1.165) is 29.4 Å². The quantitative estimate of drug-likeness (QED) is 0.718. The van der Waals surface area contributed by atoms with Crippen LogP contribution in [-0.4, -0.2) is 48.5 Å². The molecule has 2 aromatic heterocycles. The van der Waals surface area contributed by atoms with Gasteiger partial charge >= 0.3 is 0 Å². The Hall–Kier alpha value is -2.77. The first-order chi connectivity index (χ1) is 12.7. The number of carbonyl (C=O) groups is 1. The first-order valence-corrected chi connectivity index (χ1v) is 9.12. The Labute approximate surface area is 150 Å². The van der Waals surface area contributed by atoms with Gasteiger partial charge in [-0.05, 0) is 31.0 Å². The van der Waals surface area contributed by atoms with Crippen molar-refractivity contribution in [3.05, 3.63) is 24.1 Å². The van der Waals surface area contributed by atoms with Crippen molar-refractivity contribution in [3.63, 3.8) is 0 Å². The molecule has 1 saturated heterocycles. The van der Waals surface area contributed by atoms with E-state index in [-0.39, 0.29) is 11.8 Å². The fourth-order valence-electron chi connectivity index (χ4n) is 4.16. The summed E-state index contributed by atoms with van der Waals surface area (Å²) in [5.74, 6) is 1.28. The lowest BCUT2D eigenvalue weighted by Gasteiger charge is -2.23. The Morgan fingerprint density at radius 1 is 1.23 bits per heavy atom. The van der Waals surface area contributed by atoms with Crippen LogP contribution >= 0.6 is 0 Å². The van der Waals surface area contributed by atoms with Crippen molar-refractivity contribution < 1.29 is 9.32 Å². The highest BCUT2D eigenvalue weighted by molar-refractivity contribution is 5.80. The van der Waals surface area contributed by atoms with Crippen molar-refractivity contribution in [2.24, 2.45) is 7.05 Å². The van der Waals surface area contributed by atoms with E-state index in [1.54, 1.807) is 4.68 Å². The lowest BCUT2D eigenvalue weighted by molar-refractivity contribution is -0.129. The number of aromatic nitrogens is 5. The number of carbonyl (C=O) groups excluding carboxylic acids is 1. The molecule has 5 rings (SSSR count). The molecule has 1 aromatic carbocycles. The minimum atomic E-state index is -0.00963. The molecule has 0 radical (unpaired) electrons. The molecule has 0 bridgehead atoms. The van der Waals surface area contributed by atoms with Gasteiger partial charge in [-0.15, -0.1) is 5.10 Å². The van der Waals surface area contributed by atoms with E-state index in [1.165, 1.54) is 12.8 Å². The highest BCUT2D eigenvalue weighted by Gasteiger charge is 2.38. The number of rotatable bonds is 3. The molecule has 26 heavy (non-hydrogen) atoms. The molecular weight excluding hydrogens is 332 g/mol. The Bertz CT molecular complexity index is 971. The van der Waals surface area contributed by atoms with Gasteiger partial charge in [-0.2, -0.15) is 4.98 Å². The summed E-state index contributed by atoms with van der Waals surface area (Å²) >= 11 is 0. The van der Waals surface area contributed by atoms with Crippen LogP contribution < -0.4 is 0 Å². The van der Waals surface area contributed by atoms with Gasteiger partial charge in [0.2, 0.25) is 17.6 Å². The molecule has 1 atom stereocenters. The molecule has 2 aliphatic rings. The van der Waals surface area contributed by atoms with Gasteiger partial charge in [-0.1, -0.05) is 23.2 Å². The Morgan fingerprint density at radius 3 is 2.92 bits per heavy atom. The minimum absolute atomic E-state index is 0.00963. The molecule has 1 aliphatic heterocycles. The van der Waals surface area contributed by atoms with Crippen LogP contribution in [0.1, 0.15) is 43.9 Å². The average molecular weight is 352 g/mol. The zero-order valence-electron chi connectivity index (χ0n) is 14.6. The maximum atomic E-state index is 12.4. The smallest absolute Gasteiger partial charge is 0.232 e. The molecule has 1 unspecified atom stereocenters. The molecule has 2 fully saturated rings. The van der Waals surface area contributed by atoms with Crippen LogP contribution in [0.3, 0.4) is 0 Å². The number of benzene rings is 1. The fraction of sp³-hybridized carbons (Fsp3) is 0.500. The third-order valence-corrected chi connectivity index (χ3v) is 5.58. The van der Waals surface area contributed by atoms with Crippen LogP contribution in [0.5, 0.6) is 0 Å². The number of hydrogen-bond acceptors (Lipinski definition) is 6. The third kappa shape index (κ3) is 2.48. The van der Waals surface area contributed by atoms with Crippen molar-refractivity contribution >= 4 is 16.9 Å². The van der Waals surface area contributed by atoms with Crippen molar-refractivity contribution in [2.45, 2.75) is 44.1 Å². The minimum Gasteiger partial charge on any atom is -0.339 e. The van der Waals surface area contributed by atoms with Gasteiger partial charge in [0, 0.05) is 31.6 Å². The van der Waals surface area contributed by atoms with Gasteiger partial charge in [0.1, 0.15) is 5.52 Å². The van der Waals surface area contributed by atoms with E-state index in [9.17, 15) is 4.79 Å². The highest BCUT2D eigenvalue weighted by Crippen LogP contribution is 2.34. The number of aryl methyl sites for hydroxylation is 1. The summed E-state index contributed by atoms with van der Waals surface area (Å²) in [6.07, 6.45) is 5.13. The SMILES string of the molecule is Cn1nnc2cc(-c3noc(C4CC(=O)N(C5CCCC5)C4)n3)ccc21. The molecule has 0 spiro atoms. The van der Waals surface area contributed by atoms with Crippen molar-refractivity contribution in [3.8, 4) is 11.4 Å². The van der Waals surface area contributed by atoms with E-state index in [1.807, 2.05) is 30.1 Å². The van der Waals surface area contributed by atoms with Gasteiger partial charge in [0.05, 0.1) is 11.4 Å². The van der Waals surface area contributed by atoms with E-state index < -0.39 is 0 Å². The summed E-state index contributed by atoms with van der Waals surface area (Å²) in [7, 11) is 1.86. The number of fused-ring (bicyclic) bond motifs is 1. The summed E-state index contributed by atoms with van der Waals surface area (Å²) in [5, 5.41) is 12.3. The molecule has 134 valence electrons. The molecule has 3 aromatic rings. The third-order valence-electron chi connectivity index (χ3n) is 5.58. The van der Waals surface area contributed by atoms with Gasteiger partial charge < -0.3 is 9.42 Å². The molecule has 3 heterocycles. The zero-order valence-corrected chi connectivity index (χ0v) is 14.6. The Balaban J connectivity index is 1.38. The summed E-state index contributed by atoms with van der Waals surface area (Å²) in [4.78, 5) is 19.0. The average Bonchev–Trinajstić information content (AvgIpc) is 3.41. The van der Waals surface area contributed by atoms with Crippen LogP contribution in [0.4, 0.5) is 0 Å². The monoisotopic (exact) mass is 352 g/mol. The molecule has 0 N–H and O–H groups in total. The van der Waals surface area contributed by atoms with Crippen LogP contribution in [0.2, 0.25) is 0 Å². The van der Waals surface area contributed by atoms with E-state index in [4.69, 9.17) is 4.52 Å².